The van der Waals surface area contributed by atoms with E-state index in [-0.39, 0.29) is 0 Å². The second-order valence-electron chi connectivity index (χ2n) is 3.59. The molecule has 2 aromatic rings. The third kappa shape index (κ3) is 2.70. The maximum Gasteiger partial charge on any atom is 0.417 e. The van der Waals surface area contributed by atoms with Crippen molar-refractivity contribution in [2.75, 3.05) is 11.1 Å². The van der Waals surface area contributed by atoms with Gasteiger partial charge in [-0.2, -0.15) is 18.3 Å². The van der Waals surface area contributed by atoms with Gasteiger partial charge in [-0.05, 0) is 12.1 Å². The van der Waals surface area contributed by atoms with Crippen molar-refractivity contribution in [3.63, 3.8) is 0 Å². The van der Waals surface area contributed by atoms with Crippen LogP contribution in [0.3, 0.4) is 0 Å². The van der Waals surface area contributed by atoms with Gasteiger partial charge in [0.05, 0.1) is 11.8 Å². The lowest BCUT2D eigenvalue weighted by atomic mass is 10.2. The molecule has 2 rings (SSSR count). The molecule has 2 heterocycles. The van der Waals surface area contributed by atoms with E-state index in [2.05, 4.69) is 20.5 Å². The zero-order chi connectivity index (χ0) is 13.2. The number of nitrogens with one attached hydrogen (secondary N) is 2. The van der Waals surface area contributed by atoms with E-state index in [4.69, 9.17) is 5.73 Å². The third-order valence-corrected chi connectivity index (χ3v) is 2.30. The number of anilines is 2. The summed E-state index contributed by atoms with van der Waals surface area (Å²) in [5.74, 6) is 0.748. The molecule has 0 aliphatic rings. The summed E-state index contributed by atoms with van der Waals surface area (Å²) in [5, 5.41) is 9.12. The summed E-state index contributed by atoms with van der Waals surface area (Å²) in [6, 6.07) is 2.23. The number of nitrogen functional groups attached to an aromatic ring is 1. The molecule has 0 radical (unpaired) electrons. The van der Waals surface area contributed by atoms with Gasteiger partial charge >= 0.3 is 6.18 Å². The first-order valence-corrected chi connectivity index (χ1v) is 5.01. The highest BCUT2D eigenvalue weighted by atomic mass is 19.4. The minimum Gasteiger partial charge on any atom is -0.384 e. The average molecular weight is 257 g/mol. The normalized spacial score (nSPS) is 11.5. The first-order chi connectivity index (χ1) is 8.47. The van der Waals surface area contributed by atoms with Crippen LogP contribution in [0, 0.1) is 0 Å². The van der Waals surface area contributed by atoms with E-state index in [1.165, 1.54) is 12.3 Å². The largest absolute Gasteiger partial charge is 0.417 e. The number of H-pyrrole nitrogens is 1. The highest BCUT2D eigenvalue weighted by Gasteiger charge is 2.30. The second kappa shape index (κ2) is 4.55. The number of rotatable bonds is 3. The highest BCUT2D eigenvalue weighted by Crippen LogP contribution is 2.28. The van der Waals surface area contributed by atoms with Gasteiger partial charge in [-0.25, -0.2) is 4.98 Å². The molecule has 0 amide bonds. The minimum atomic E-state index is -4.37. The zero-order valence-electron chi connectivity index (χ0n) is 9.12. The Morgan fingerprint density at radius 1 is 1.28 bits per heavy atom. The molecule has 0 aliphatic heterocycles. The van der Waals surface area contributed by atoms with Gasteiger partial charge in [-0.3, -0.25) is 5.10 Å². The maximum atomic E-state index is 12.3. The van der Waals surface area contributed by atoms with E-state index < -0.39 is 11.7 Å². The molecule has 0 aliphatic carbocycles. The lowest BCUT2D eigenvalue weighted by molar-refractivity contribution is -0.137. The van der Waals surface area contributed by atoms with Crippen LogP contribution in [0.15, 0.2) is 24.5 Å². The Morgan fingerprint density at radius 3 is 2.56 bits per heavy atom. The number of aromatic nitrogens is 3. The number of alkyl halides is 3. The van der Waals surface area contributed by atoms with E-state index in [0.717, 1.165) is 17.8 Å². The van der Waals surface area contributed by atoms with Crippen LogP contribution in [-0.4, -0.2) is 15.2 Å². The van der Waals surface area contributed by atoms with Crippen molar-refractivity contribution in [1.29, 1.82) is 0 Å². The van der Waals surface area contributed by atoms with Gasteiger partial charge in [0.2, 0.25) is 0 Å². The van der Waals surface area contributed by atoms with E-state index in [1.54, 1.807) is 0 Å². The van der Waals surface area contributed by atoms with E-state index >= 15 is 0 Å². The lowest BCUT2D eigenvalue weighted by Gasteiger charge is -2.08. The van der Waals surface area contributed by atoms with Crippen LogP contribution in [0.5, 0.6) is 0 Å². The van der Waals surface area contributed by atoms with E-state index in [1.807, 2.05) is 0 Å². The molecule has 5 nitrogen and oxygen atoms in total. The second-order valence-corrected chi connectivity index (χ2v) is 3.59. The summed E-state index contributed by atoms with van der Waals surface area (Å²) in [6.07, 6.45) is -2.06. The molecule has 0 atom stereocenters. The van der Waals surface area contributed by atoms with Crippen LogP contribution in [-0.2, 0) is 12.7 Å². The molecule has 0 saturated heterocycles. The smallest absolute Gasteiger partial charge is 0.384 e. The fraction of sp³-hybridized carbons (Fsp3) is 0.200. The summed E-state index contributed by atoms with van der Waals surface area (Å²) in [6.45, 7) is 0.334. The van der Waals surface area contributed by atoms with Gasteiger partial charge in [0.25, 0.3) is 0 Å². The topological polar surface area (TPSA) is 79.6 Å². The van der Waals surface area contributed by atoms with E-state index in [0.29, 0.717) is 18.2 Å². The van der Waals surface area contributed by atoms with Crippen molar-refractivity contribution in [3.05, 3.63) is 35.7 Å². The van der Waals surface area contributed by atoms with Crippen LogP contribution in [0.1, 0.15) is 11.1 Å². The molecular weight excluding hydrogens is 247 g/mol. The SMILES string of the molecule is Nc1[nH]ncc1CNc1ccc(C(F)(F)F)cn1. The standard InChI is InChI=1S/C10H10F3N5/c11-10(12,13)7-1-2-8(16-5-7)15-3-6-4-17-18-9(6)14/h1-2,4-5H,3H2,(H,15,16)(H3,14,17,18). The summed E-state index contributed by atoms with van der Waals surface area (Å²) < 4.78 is 36.9. The van der Waals surface area contributed by atoms with Gasteiger partial charge in [0.1, 0.15) is 11.6 Å². The van der Waals surface area contributed by atoms with Gasteiger partial charge < -0.3 is 11.1 Å². The van der Waals surface area contributed by atoms with Crippen molar-refractivity contribution < 1.29 is 13.2 Å². The van der Waals surface area contributed by atoms with E-state index in [9.17, 15) is 13.2 Å². The summed E-state index contributed by atoms with van der Waals surface area (Å²) in [7, 11) is 0. The Hall–Kier alpha value is -2.25. The fourth-order valence-corrected chi connectivity index (χ4v) is 1.31. The molecule has 0 bridgehead atoms. The van der Waals surface area contributed by atoms with Crippen LogP contribution >= 0.6 is 0 Å². The van der Waals surface area contributed by atoms with Crippen molar-refractivity contribution >= 4 is 11.6 Å². The lowest BCUT2D eigenvalue weighted by Crippen LogP contribution is -2.07. The summed E-state index contributed by atoms with van der Waals surface area (Å²) >= 11 is 0. The maximum absolute atomic E-state index is 12.3. The Labute approximate surface area is 100 Å². The Bertz CT molecular complexity index is 517. The fourth-order valence-electron chi connectivity index (χ4n) is 1.31. The monoisotopic (exact) mass is 257 g/mol. The number of halogens is 3. The molecule has 0 spiro atoms. The minimum absolute atomic E-state index is 0.334. The molecule has 4 N–H and O–H groups in total. The average Bonchev–Trinajstić information content (AvgIpc) is 2.72. The molecule has 2 aromatic heterocycles. The van der Waals surface area contributed by atoms with Gasteiger partial charge in [-0.15, -0.1) is 0 Å². The van der Waals surface area contributed by atoms with Crippen molar-refractivity contribution in [2.45, 2.75) is 12.7 Å². The molecule has 0 unspecified atom stereocenters. The van der Waals surface area contributed by atoms with Gasteiger partial charge in [0, 0.05) is 18.3 Å². The number of nitrogens with zero attached hydrogens (tertiary/aromatic N) is 2. The van der Waals surface area contributed by atoms with Gasteiger partial charge in [0.15, 0.2) is 0 Å². The molecule has 0 fully saturated rings. The Balaban J connectivity index is 2.01. The van der Waals surface area contributed by atoms with Crippen molar-refractivity contribution in [3.8, 4) is 0 Å². The number of aromatic amines is 1. The molecule has 18 heavy (non-hydrogen) atoms. The van der Waals surface area contributed by atoms with Crippen LogP contribution < -0.4 is 11.1 Å². The number of pyridine rings is 1. The number of hydrogen-bond donors (Lipinski definition) is 3. The molecule has 96 valence electrons. The molecule has 0 aromatic carbocycles. The number of nitrogens with two attached hydrogens (primary N) is 1. The first-order valence-electron chi connectivity index (χ1n) is 5.01. The summed E-state index contributed by atoms with van der Waals surface area (Å²) in [4.78, 5) is 3.67. The Kier molecular flexibility index (Phi) is 3.09. The predicted octanol–water partition coefficient (Wildman–Crippen LogP) is 2.02. The van der Waals surface area contributed by atoms with Crippen LogP contribution in [0.4, 0.5) is 24.8 Å². The first kappa shape index (κ1) is 12.2. The summed E-state index contributed by atoms with van der Waals surface area (Å²) in [5.41, 5.74) is 5.50. The van der Waals surface area contributed by atoms with Crippen molar-refractivity contribution in [1.82, 2.24) is 15.2 Å². The molecule has 8 heteroatoms. The quantitative estimate of drug-likeness (QED) is 0.785. The van der Waals surface area contributed by atoms with Crippen LogP contribution in [0.25, 0.3) is 0 Å². The van der Waals surface area contributed by atoms with Crippen LogP contribution in [0.2, 0.25) is 0 Å². The Morgan fingerprint density at radius 2 is 2.06 bits per heavy atom. The molecule has 0 saturated carbocycles. The third-order valence-electron chi connectivity index (χ3n) is 2.30. The zero-order valence-corrected chi connectivity index (χ0v) is 9.12. The predicted molar refractivity (Wildman–Crippen MR) is 59.6 cm³/mol. The number of hydrogen-bond acceptors (Lipinski definition) is 4. The van der Waals surface area contributed by atoms with Crippen molar-refractivity contribution in [2.24, 2.45) is 0 Å². The highest BCUT2D eigenvalue weighted by molar-refractivity contribution is 5.42. The van der Waals surface area contributed by atoms with Gasteiger partial charge in [-0.1, -0.05) is 0 Å². The molecular formula is C10H10F3N5.